The molecule has 0 saturated heterocycles. The highest BCUT2D eigenvalue weighted by Gasteiger charge is 1.98. The third-order valence-electron chi connectivity index (χ3n) is 2.56. The highest BCUT2D eigenvalue weighted by Crippen LogP contribution is 2.17. The van der Waals surface area contributed by atoms with Crippen LogP contribution in [0.25, 0.3) is 0 Å². The van der Waals surface area contributed by atoms with E-state index in [1.165, 1.54) is 11.1 Å². The molecule has 0 aliphatic heterocycles. The normalized spacial score (nSPS) is 10.3. The van der Waals surface area contributed by atoms with Gasteiger partial charge in [0.05, 0.1) is 18.1 Å². The molecule has 0 amide bonds. The highest BCUT2D eigenvalue weighted by molar-refractivity contribution is 7.97. The Morgan fingerprint density at radius 3 is 2.72 bits per heavy atom. The van der Waals surface area contributed by atoms with E-state index in [1.54, 1.807) is 6.20 Å². The van der Waals surface area contributed by atoms with Crippen molar-refractivity contribution >= 4 is 17.6 Å². The number of aromatic nitrogens is 2. The van der Waals surface area contributed by atoms with Crippen molar-refractivity contribution in [1.29, 1.82) is 0 Å². The Labute approximate surface area is 112 Å². The van der Waals surface area contributed by atoms with Crippen molar-refractivity contribution < 1.29 is 0 Å². The van der Waals surface area contributed by atoms with E-state index in [2.05, 4.69) is 46.5 Å². The fourth-order valence-corrected chi connectivity index (χ4v) is 2.51. The molecule has 18 heavy (non-hydrogen) atoms. The van der Waals surface area contributed by atoms with E-state index in [4.69, 9.17) is 0 Å². The lowest BCUT2D eigenvalue weighted by molar-refractivity contribution is 1.10. The zero-order chi connectivity index (χ0) is 12.8. The maximum Gasteiger partial charge on any atom is 0.144 e. The molecule has 2 aromatic rings. The van der Waals surface area contributed by atoms with Crippen molar-refractivity contribution in [2.45, 2.75) is 18.4 Å². The maximum absolute atomic E-state index is 4.35. The molecule has 1 aromatic carbocycles. The Kier molecular flexibility index (Phi) is 4.59. The van der Waals surface area contributed by atoms with Gasteiger partial charge in [0.25, 0.3) is 0 Å². The summed E-state index contributed by atoms with van der Waals surface area (Å²) in [7, 11) is 1.84. The molecule has 0 bridgehead atoms. The molecule has 2 rings (SSSR count). The minimum absolute atomic E-state index is 0.808. The van der Waals surface area contributed by atoms with Crippen molar-refractivity contribution in [3.05, 3.63) is 53.5 Å². The number of nitrogens with zero attached hydrogens (tertiary/aromatic N) is 2. The van der Waals surface area contributed by atoms with Gasteiger partial charge in [-0.1, -0.05) is 29.8 Å². The standard InChI is InChI=1S/C14H17N3S/c1-11-4-3-5-12(6-11)9-18-10-13-7-17-14(15-2)8-16-13/h3-8H,9-10H2,1-2H3,(H,15,17). The lowest BCUT2D eigenvalue weighted by atomic mass is 10.2. The maximum atomic E-state index is 4.35. The first-order chi connectivity index (χ1) is 8.78. The van der Waals surface area contributed by atoms with Gasteiger partial charge in [-0.05, 0) is 12.5 Å². The number of thioether (sulfide) groups is 1. The minimum atomic E-state index is 0.808. The van der Waals surface area contributed by atoms with Gasteiger partial charge in [-0.25, -0.2) is 4.98 Å². The van der Waals surface area contributed by atoms with Gasteiger partial charge in [0.15, 0.2) is 0 Å². The third-order valence-corrected chi connectivity index (χ3v) is 3.60. The second-order valence-electron chi connectivity index (χ2n) is 4.12. The van der Waals surface area contributed by atoms with Crippen LogP contribution in [0.4, 0.5) is 5.82 Å². The summed E-state index contributed by atoms with van der Waals surface area (Å²) in [6.45, 7) is 2.12. The molecule has 0 aliphatic rings. The molecular formula is C14H17N3S. The van der Waals surface area contributed by atoms with Crippen LogP contribution in [-0.4, -0.2) is 17.0 Å². The largest absolute Gasteiger partial charge is 0.372 e. The van der Waals surface area contributed by atoms with E-state index >= 15 is 0 Å². The van der Waals surface area contributed by atoms with Crippen LogP contribution in [0.2, 0.25) is 0 Å². The van der Waals surface area contributed by atoms with E-state index in [0.717, 1.165) is 23.0 Å². The first-order valence-corrected chi connectivity index (χ1v) is 7.05. The summed E-state index contributed by atoms with van der Waals surface area (Å²) < 4.78 is 0. The Bertz CT molecular complexity index is 497. The summed E-state index contributed by atoms with van der Waals surface area (Å²) in [5, 5.41) is 2.96. The lowest BCUT2D eigenvalue weighted by Gasteiger charge is -2.03. The monoisotopic (exact) mass is 259 g/mol. The van der Waals surface area contributed by atoms with Crippen molar-refractivity contribution in [2.75, 3.05) is 12.4 Å². The number of benzene rings is 1. The van der Waals surface area contributed by atoms with Crippen LogP contribution < -0.4 is 5.32 Å². The summed E-state index contributed by atoms with van der Waals surface area (Å²) in [6, 6.07) is 8.61. The second kappa shape index (κ2) is 6.40. The number of rotatable bonds is 5. The summed E-state index contributed by atoms with van der Waals surface area (Å²) in [6.07, 6.45) is 3.59. The average Bonchev–Trinajstić information content (AvgIpc) is 2.40. The number of aryl methyl sites for hydroxylation is 1. The molecule has 0 radical (unpaired) electrons. The molecule has 1 aromatic heterocycles. The van der Waals surface area contributed by atoms with Gasteiger partial charge < -0.3 is 5.32 Å². The molecule has 0 saturated carbocycles. The van der Waals surface area contributed by atoms with Crippen molar-refractivity contribution in [3.8, 4) is 0 Å². The molecule has 3 nitrogen and oxygen atoms in total. The zero-order valence-corrected chi connectivity index (χ0v) is 11.5. The predicted molar refractivity (Wildman–Crippen MR) is 77.8 cm³/mol. The van der Waals surface area contributed by atoms with Crippen LogP contribution in [0.1, 0.15) is 16.8 Å². The van der Waals surface area contributed by atoms with Gasteiger partial charge in [-0.15, -0.1) is 0 Å². The van der Waals surface area contributed by atoms with Gasteiger partial charge in [0, 0.05) is 18.6 Å². The summed E-state index contributed by atoms with van der Waals surface area (Å²) in [4.78, 5) is 8.60. The number of anilines is 1. The quantitative estimate of drug-likeness (QED) is 0.894. The number of nitrogens with one attached hydrogen (secondary N) is 1. The topological polar surface area (TPSA) is 37.8 Å². The molecule has 94 valence electrons. The fourth-order valence-electron chi connectivity index (χ4n) is 1.63. The van der Waals surface area contributed by atoms with E-state index in [0.29, 0.717) is 0 Å². The Morgan fingerprint density at radius 1 is 1.17 bits per heavy atom. The summed E-state index contributed by atoms with van der Waals surface area (Å²) in [5.74, 6) is 2.71. The van der Waals surface area contributed by atoms with Crippen LogP contribution in [0, 0.1) is 6.92 Å². The van der Waals surface area contributed by atoms with Gasteiger partial charge in [0.1, 0.15) is 5.82 Å². The molecule has 1 N–H and O–H groups in total. The molecule has 0 fully saturated rings. The predicted octanol–water partition coefficient (Wildman–Crippen LogP) is 3.26. The first kappa shape index (κ1) is 12.9. The fraction of sp³-hybridized carbons (Fsp3) is 0.286. The van der Waals surface area contributed by atoms with Gasteiger partial charge in [-0.2, -0.15) is 11.8 Å². The SMILES string of the molecule is CNc1cnc(CSCc2cccc(C)c2)cn1. The van der Waals surface area contributed by atoms with Crippen LogP contribution in [0.15, 0.2) is 36.7 Å². The van der Waals surface area contributed by atoms with E-state index in [-0.39, 0.29) is 0 Å². The highest BCUT2D eigenvalue weighted by atomic mass is 32.2. The van der Waals surface area contributed by atoms with Crippen LogP contribution in [0.5, 0.6) is 0 Å². The summed E-state index contributed by atoms with van der Waals surface area (Å²) >= 11 is 1.86. The average molecular weight is 259 g/mol. The van der Waals surface area contributed by atoms with Gasteiger partial charge in [0.2, 0.25) is 0 Å². The van der Waals surface area contributed by atoms with Gasteiger partial charge in [-0.3, -0.25) is 4.98 Å². The van der Waals surface area contributed by atoms with Crippen LogP contribution in [-0.2, 0) is 11.5 Å². The van der Waals surface area contributed by atoms with Gasteiger partial charge >= 0.3 is 0 Å². The van der Waals surface area contributed by atoms with Crippen molar-refractivity contribution in [2.24, 2.45) is 0 Å². The smallest absolute Gasteiger partial charge is 0.144 e. The zero-order valence-electron chi connectivity index (χ0n) is 10.7. The molecule has 1 heterocycles. The van der Waals surface area contributed by atoms with Crippen molar-refractivity contribution in [3.63, 3.8) is 0 Å². The van der Waals surface area contributed by atoms with Crippen LogP contribution in [0.3, 0.4) is 0 Å². The van der Waals surface area contributed by atoms with Crippen molar-refractivity contribution in [1.82, 2.24) is 9.97 Å². The second-order valence-corrected chi connectivity index (χ2v) is 5.11. The number of hydrogen-bond acceptors (Lipinski definition) is 4. The number of hydrogen-bond donors (Lipinski definition) is 1. The molecule has 0 spiro atoms. The Morgan fingerprint density at radius 2 is 2.06 bits per heavy atom. The molecule has 0 atom stereocenters. The Hall–Kier alpha value is -1.55. The first-order valence-electron chi connectivity index (χ1n) is 5.90. The van der Waals surface area contributed by atoms with E-state index < -0.39 is 0 Å². The third kappa shape index (κ3) is 3.74. The molecular weight excluding hydrogens is 242 g/mol. The molecule has 0 unspecified atom stereocenters. The lowest BCUT2D eigenvalue weighted by Crippen LogP contribution is -1.95. The minimum Gasteiger partial charge on any atom is -0.372 e. The van der Waals surface area contributed by atoms with E-state index in [9.17, 15) is 0 Å². The summed E-state index contributed by atoms with van der Waals surface area (Å²) in [5.41, 5.74) is 3.69. The van der Waals surface area contributed by atoms with E-state index in [1.807, 2.05) is 25.0 Å². The molecule has 4 heteroatoms. The Balaban J connectivity index is 1.84. The molecule has 0 aliphatic carbocycles. The van der Waals surface area contributed by atoms with Crippen LogP contribution >= 0.6 is 11.8 Å².